The van der Waals surface area contributed by atoms with Gasteiger partial charge in [0.1, 0.15) is 5.75 Å². The molecule has 0 atom stereocenters. The summed E-state index contributed by atoms with van der Waals surface area (Å²) in [7, 11) is 1.48. The summed E-state index contributed by atoms with van der Waals surface area (Å²) in [4.78, 5) is 23.2. The highest BCUT2D eigenvalue weighted by Crippen LogP contribution is 2.23. The summed E-state index contributed by atoms with van der Waals surface area (Å²) in [5, 5.41) is 14.5. The van der Waals surface area contributed by atoms with Crippen molar-refractivity contribution < 1.29 is 19.4 Å². The molecule has 6 heteroatoms. The molecule has 2 amide bonds. The number of urea groups is 1. The van der Waals surface area contributed by atoms with Crippen LogP contribution in [0.1, 0.15) is 44.0 Å². The van der Waals surface area contributed by atoms with Gasteiger partial charge in [-0.2, -0.15) is 0 Å². The Morgan fingerprint density at radius 3 is 2.52 bits per heavy atom. The van der Waals surface area contributed by atoms with E-state index in [2.05, 4.69) is 10.6 Å². The number of benzene rings is 1. The van der Waals surface area contributed by atoms with Gasteiger partial charge in [0.2, 0.25) is 0 Å². The van der Waals surface area contributed by atoms with Crippen molar-refractivity contribution in [1.29, 1.82) is 0 Å². The number of carboxylic acid groups (broad SMARTS) is 1. The molecule has 0 spiro atoms. The number of hydrogen-bond acceptors (Lipinski definition) is 3. The fraction of sp³-hybridized carbons (Fsp3) is 0.467. The Labute approximate surface area is 124 Å². The molecule has 1 aromatic carbocycles. The Bertz CT molecular complexity index is 526. The Hall–Kier alpha value is -2.24. The molecule has 0 unspecified atom stereocenters. The molecule has 0 aliphatic carbocycles. The van der Waals surface area contributed by atoms with Crippen LogP contribution in [0.25, 0.3) is 0 Å². The number of aromatic carboxylic acids is 1. The summed E-state index contributed by atoms with van der Waals surface area (Å²) in [5.41, 5.74) is -0.146. The number of nitrogens with one attached hydrogen (secondary N) is 2. The number of carbonyl (C=O) groups excluding carboxylic acids is 1. The van der Waals surface area contributed by atoms with Crippen molar-refractivity contribution in [2.24, 2.45) is 0 Å². The molecule has 0 heterocycles. The van der Waals surface area contributed by atoms with Crippen LogP contribution in [-0.4, -0.2) is 29.8 Å². The van der Waals surface area contributed by atoms with Gasteiger partial charge in [0.25, 0.3) is 0 Å². The lowest BCUT2D eigenvalue weighted by Crippen LogP contribution is -2.45. The zero-order chi connectivity index (χ0) is 16.0. The first-order valence-electron chi connectivity index (χ1n) is 6.79. The summed E-state index contributed by atoms with van der Waals surface area (Å²) in [6, 6.07) is 3.97. The molecule has 0 aromatic heterocycles. The molecule has 3 N–H and O–H groups in total. The smallest absolute Gasteiger partial charge is 0.337 e. The Morgan fingerprint density at radius 2 is 2.00 bits per heavy atom. The average Bonchev–Trinajstić information content (AvgIpc) is 2.37. The molecular formula is C15H22N2O4. The van der Waals surface area contributed by atoms with Crippen molar-refractivity contribution in [1.82, 2.24) is 5.32 Å². The van der Waals surface area contributed by atoms with Crippen molar-refractivity contribution in [3.63, 3.8) is 0 Å². The SMILES string of the molecule is CCCC(C)(C)NC(=O)Nc1cc(OC)ccc1C(=O)O. The first-order chi connectivity index (χ1) is 9.79. The molecule has 6 nitrogen and oxygen atoms in total. The van der Waals surface area contributed by atoms with E-state index in [9.17, 15) is 9.59 Å². The maximum absolute atomic E-state index is 12.0. The van der Waals surface area contributed by atoms with Crippen LogP contribution in [0.3, 0.4) is 0 Å². The van der Waals surface area contributed by atoms with Crippen LogP contribution in [0.5, 0.6) is 5.75 Å². The molecule has 0 saturated heterocycles. The number of ether oxygens (including phenoxy) is 1. The van der Waals surface area contributed by atoms with Crippen molar-refractivity contribution in [3.8, 4) is 5.75 Å². The fourth-order valence-electron chi connectivity index (χ4n) is 2.09. The molecule has 0 saturated carbocycles. The molecule has 1 aromatic rings. The van der Waals surface area contributed by atoms with Crippen molar-refractivity contribution in [2.75, 3.05) is 12.4 Å². The van der Waals surface area contributed by atoms with E-state index >= 15 is 0 Å². The van der Waals surface area contributed by atoms with E-state index in [0.717, 1.165) is 12.8 Å². The maximum Gasteiger partial charge on any atom is 0.337 e. The van der Waals surface area contributed by atoms with Gasteiger partial charge in [-0.3, -0.25) is 0 Å². The van der Waals surface area contributed by atoms with E-state index in [1.54, 1.807) is 0 Å². The van der Waals surface area contributed by atoms with Crippen molar-refractivity contribution in [3.05, 3.63) is 23.8 Å². The number of hydrogen-bond donors (Lipinski definition) is 3. The molecular weight excluding hydrogens is 272 g/mol. The van der Waals surface area contributed by atoms with Gasteiger partial charge in [-0.1, -0.05) is 13.3 Å². The third kappa shape index (κ3) is 4.98. The van der Waals surface area contributed by atoms with Crippen molar-refractivity contribution >= 4 is 17.7 Å². The van der Waals surface area contributed by atoms with Gasteiger partial charge in [0.15, 0.2) is 0 Å². The molecule has 0 bridgehead atoms. The second-order valence-electron chi connectivity index (χ2n) is 5.43. The molecule has 21 heavy (non-hydrogen) atoms. The standard InChI is InChI=1S/C15H22N2O4/c1-5-8-15(2,3)17-14(20)16-12-9-10(21-4)6-7-11(12)13(18)19/h6-7,9H,5,8H2,1-4H3,(H,18,19)(H2,16,17,20). The predicted octanol–water partition coefficient (Wildman–Crippen LogP) is 3.09. The molecule has 0 aliphatic rings. The molecule has 0 aliphatic heterocycles. The zero-order valence-electron chi connectivity index (χ0n) is 12.8. The summed E-state index contributed by atoms with van der Waals surface area (Å²) in [6.07, 6.45) is 1.76. The second kappa shape index (κ2) is 6.97. The third-order valence-electron chi connectivity index (χ3n) is 3.03. The minimum Gasteiger partial charge on any atom is -0.497 e. The summed E-state index contributed by atoms with van der Waals surface area (Å²) < 4.78 is 5.05. The minimum absolute atomic E-state index is 0.0132. The highest BCUT2D eigenvalue weighted by Gasteiger charge is 2.20. The molecule has 0 radical (unpaired) electrons. The lowest BCUT2D eigenvalue weighted by molar-refractivity contribution is 0.0698. The number of rotatable bonds is 6. The Morgan fingerprint density at radius 1 is 1.33 bits per heavy atom. The first kappa shape index (κ1) is 16.8. The van der Waals surface area contributed by atoms with E-state index < -0.39 is 12.0 Å². The van der Waals surface area contributed by atoms with E-state index in [0.29, 0.717) is 5.75 Å². The van der Waals surface area contributed by atoms with Crippen LogP contribution in [0, 0.1) is 0 Å². The normalized spacial score (nSPS) is 10.9. The second-order valence-corrected chi connectivity index (χ2v) is 5.43. The van der Waals surface area contributed by atoms with Gasteiger partial charge in [-0.05, 0) is 32.4 Å². The highest BCUT2D eigenvalue weighted by atomic mass is 16.5. The van der Waals surface area contributed by atoms with Crippen LogP contribution < -0.4 is 15.4 Å². The first-order valence-corrected chi connectivity index (χ1v) is 6.79. The number of carboxylic acids is 1. The van der Waals surface area contributed by atoms with E-state index in [1.165, 1.54) is 25.3 Å². The monoisotopic (exact) mass is 294 g/mol. The molecule has 0 fully saturated rings. The summed E-state index contributed by atoms with van der Waals surface area (Å²) in [5.74, 6) is -0.635. The van der Waals surface area contributed by atoms with E-state index in [-0.39, 0.29) is 16.8 Å². The van der Waals surface area contributed by atoms with Crippen LogP contribution in [0.15, 0.2) is 18.2 Å². The zero-order valence-corrected chi connectivity index (χ0v) is 12.8. The predicted molar refractivity (Wildman–Crippen MR) is 81.1 cm³/mol. The van der Waals surface area contributed by atoms with E-state index in [4.69, 9.17) is 9.84 Å². The van der Waals surface area contributed by atoms with Gasteiger partial charge in [-0.15, -0.1) is 0 Å². The Balaban J connectivity index is 2.90. The molecule has 1 rings (SSSR count). The largest absolute Gasteiger partial charge is 0.497 e. The number of amides is 2. The quantitative estimate of drug-likeness (QED) is 0.752. The van der Waals surface area contributed by atoms with Gasteiger partial charge < -0.3 is 20.5 Å². The van der Waals surface area contributed by atoms with Gasteiger partial charge in [-0.25, -0.2) is 9.59 Å². The number of carbonyl (C=O) groups is 2. The van der Waals surface area contributed by atoms with E-state index in [1.807, 2.05) is 20.8 Å². The fourth-order valence-corrected chi connectivity index (χ4v) is 2.09. The lowest BCUT2D eigenvalue weighted by Gasteiger charge is -2.26. The van der Waals surface area contributed by atoms with Gasteiger partial charge in [0.05, 0.1) is 18.4 Å². The molecule has 116 valence electrons. The Kier molecular flexibility index (Phi) is 5.58. The topological polar surface area (TPSA) is 87.7 Å². The van der Waals surface area contributed by atoms with Crippen LogP contribution >= 0.6 is 0 Å². The third-order valence-corrected chi connectivity index (χ3v) is 3.03. The van der Waals surface area contributed by atoms with Crippen LogP contribution in [0.2, 0.25) is 0 Å². The maximum atomic E-state index is 12.0. The number of anilines is 1. The minimum atomic E-state index is -1.11. The lowest BCUT2D eigenvalue weighted by atomic mass is 9.99. The van der Waals surface area contributed by atoms with Gasteiger partial charge >= 0.3 is 12.0 Å². The summed E-state index contributed by atoms with van der Waals surface area (Å²) >= 11 is 0. The number of methoxy groups -OCH3 is 1. The van der Waals surface area contributed by atoms with Crippen molar-refractivity contribution in [2.45, 2.75) is 39.2 Å². The average molecular weight is 294 g/mol. The van der Waals surface area contributed by atoms with Gasteiger partial charge in [0, 0.05) is 11.6 Å². The van der Waals surface area contributed by atoms with Crippen LogP contribution in [-0.2, 0) is 0 Å². The van der Waals surface area contributed by atoms with Crippen LogP contribution in [0.4, 0.5) is 10.5 Å². The highest BCUT2D eigenvalue weighted by molar-refractivity contribution is 6.00. The summed E-state index contributed by atoms with van der Waals surface area (Å²) in [6.45, 7) is 5.87.